The monoisotopic (exact) mass is 367 g/mol. The zero-order valence-corrected chi connectivity index (χ0v) is 14.0. The maximum absolute atomic E-state index is 11.9. The molecule has 0 bridgehead atoms. The molecule has 0 saturated heterocycles. The topological polar surface area (TPSA) is 157 Å². The summed E-state index contributed by atoms with van der Waals surface area (Å²) in [4.78, 5) is 23.7. The second kappa shape index (κ2) is 7.73. The number of carbonyl (C=O) groups excluding carboxylic acids is 2. The van der Waals surface area contributed by atoms with Gasteiger partial charge in [0, 0.05) is 26.0 Å². The summed E-state index contributed by atoms with van der Waals surface area (Å²) in [6, 6.07) is 3.91. The lowest BCUT2D eigenvalue weighted by Crippen LogP contribution is -2.59. The van der Waals surface area contributed by atoms with Gasteiger partial charge < -0.3 is 35.6 Å². The number of likely N-dealkylation sites (N-methyl/N-ethyl adjacent to an activating group) is 1. The molecule has 1 aliphatic carbocycles. The molecule has 9 heteroatoms. The Balaban J connectivity index is 2.07. The summed E-state index contributed by atoms with van der Waals surface area (Å²) in [5, 5.41) is 51.0. The first-order valence-electron chi connectivity index (χ1n) is 7.87. The second-order valence-electron chi connectivity index (χ2n) is 6.13. The number of phenolic OH excluding ortho intramolecular Hbond substituents is 2. The van der Waals surface area contributed by atoms with E-state index in [0.717, 1.165) is 6.08 Å². The van der Waals surface area contributed by atoms with E-state index in [1.54, 1.807) is 0 Å². The van der Waals surface area contributed by atoms with E-state index in [1.165, 1.54) is 31.3 Å². The number of esters is 1. The molecule has 1 aliphatic rings. The van der Waals surface area contributed by atoms with Crippen LogP contribution in [-0.2, 0) is 14.3 Å². The number of carbonyl (C=O) groups is 2. The van der Waals surface area contributed by atoms with Crippen LogP contribution in [0.5, 0.6) is 11.5 Å². The summed E-state index contributed by atoms with van der Waals surface area (Å²) >= 11 is 0. The molecule has 1 aromatic rings. The highest BCUT2D eigenvalue weighted by Gasteiger charge is 2.49. The van der Waals surface area contributed by atoms with Crippen LogP contribution in [0.3, 0.4) is 0 Å². The van der Waals surface area contributed by atoms with Gasteiger partial charge in [-0.05, 0) is 23.8 Å². The van der Waals surface area contributed by atoms with E-state index in [2.05, 4.69) is 5.32 Å². The van der Waals surface area contributed by atoms with Crippen molar-refractivity contribution in [3.8, 4) is 11.5 Å². The fraction of sp³-hybridized carbons (Fsp3) is 0.412. The maximum atomic E-state index is 11.9. The zero-order chi connectivity index (χ0) is 19.5. The highest BCUT2D eigenvalue weighted by molar-refractivity contribution is 5.88. The van der Waals surface area contributed by atoms with E-state index in [-0.39, 0.29) is 24.3 Å². The van der Waals surface area contributed by atoms with Gasteiger partial charge >= 0.3 is 5.97 Å². The number of hydrogen-bond donors (Lipinski definition) is 6. The van der Waals surface area contributed by atoms with Gasteiger partial charge in [-0.1, -0.05) is 6.07 Å². The van der Waals surface area contributed by atoms with Crippen molar-refractivity contribution in [1.82, 2.24) is 5.32 Å². The van der Waals surface area contributed by atoms with Crippen molar-refractivity contribution in [3.05, 3.63) is 29.8 Å². The van der Waals surface area contributed by atoms with Gasteiger partial charge in [0.2, 0.25) is 0 Å². The lowest BCUT2D eigenvalue weighted by Gasteiger charge is -2.40. The van der Waals surface area contributed by atoms with E-state index in [9.17, 15) is 35.1 Å². The molecule has 2 unspecified atom stereocenters. The SMILES string of the molecule is CNC(=O)[C@]1(O)CC(OC(=O)/C=C/c2ccc(O)c(O)c2)C(O)[C@H](O)C1. The molecule has 0 radical (unpaired) electrons. The van der Waals surface area contributed by atoms with E-state index in [4.69, 9.17) is 4.74 Å². The number of hydrogen-bond acceptors (Lipinski definition) is 8. The third kappa shape index (κ3) is 4.31. The first kappa shape index (κ1) is 19.7. The quantitative estimate of drug-likeness (QED) is 0.225. The summed E-state index contributed by atoms with van der Waals surface area (Å²) in [6.07, 6.45) is -2.62. The molecule has 2 rings (SSSR count). The smallest absolute Gasteiger partial charge is 0.331 e. The number of benzene rings is 1. The Morgan fingerprint density at radius 3 is 2.54 bits per heavy atom. The molecule has 6 N–H and O–H groups in total. The van der Waals surface area contributed by atoms with Crippen molar-refractivity contribution in [1.29, 1.82) is 0 Å². The van der Waals surface area contributed by atoms with Crippen LogP contribution in [-0.4, -0.2) is 68.4 Å². The predicted molar refractivity (Wildman–Crippen MR) is 88.9 cm³/mol. The number of phenols is 2. The van der Waals surface area contributed by atoms with E-state index in [0.29, 0.717) is 5.56 Å². The van der Waals surface area contributed by atoms with Crippen molar-refractivity contribution >= 4 is 18.0 Å². The first-order valence-corrected chi connectivity index (χ1v) is 7.87. The second-order valence-corrected chi connectivity index (χ2v) is 6.13. The van der Waals surface area contributed by atoms with Gasteiger partial charge in [0.15, 0.2) is 11.5 Å². The van der Waals surface area contributed by atoms with Crippen LogP contribution in [0, 0.1) is 0 Å². The molecule has 142 valence electrons. The van der Waals surface area contributed by atoms with Crippen molar-refractivity contribution < 1.29 is 39.9 Å². The molecule has 1 aromatic carbocycles. The number of aliphatic hydroxyl groups excluding tert-OH is 2. The number of nitrogens with one attached hydrogen (secondary N) is 1. The van der Waals surface area contributed by atoms with Crippen LogP contribution >= 0.6 is 0 Å². The predicted octanol–water partition coefficient (Wildman–Crippen LogP) is -0.985. The molecule has 1 saturated carbocycles. The van der Waals surface area contributed by atoms with Gasteiger partial charge in [-0.2, -0.15) is 0 Å². The largest absolute Gasteiger partial charge is 0.504 e. The molecule has 26 heavy (non-hydrogen) atoms. The molecular formula is C17H21NO8. The van der Waals surface area contributed by atoms with Crippen LogP contribution in [0.1, 0.15) is 18.4 Å². The standard InChI is InChI=1S/C17H21NO8/c1-18-16(24)17(25)7-12(21)15(23)13(8-17)26-14(22)5-3-9-2-4-10(19)11(20)6-9/h2-6,12-13,15,19-21,23,25H,7-8H2,1H3,(H,18,24)/b5-3+/t12-,13?,15?,17-/m1/s1. The lowest BCUT2D eigenvalue weighted by molar-refractivity contribution is -0.186. The summed E-state index contributed by atoms with van der Waals surface area (Å²) in [7, 11) is 1.31. The molecule has 0 aromatic heterocycles. The third-order valence-corrected chi connectivity index (χ3v) is 4.19. The molecule has 0 spiro atoms. The van der Waals surface area contributed by atoms with Crippen molar-refractivity contribution in [2.45, 2.75) is 36.8 Å². The van der Waals surface area contributed by atoms with E-state index in [1.807, 2.05) is 0 Å². The number of aliphatic hydroxyl groups is 3. The van der Waals surface area contributed by atoms with Crippen LogP contribution < -0.4 is 5.32 Å². The van der Waals surface area contributed by atoms with Gasteiger partial charge in [0.1, 0.15) is 17.8 Å². The average Bonchev–Trinajstić information content (AvgIpc) is 2.59. The summed E-state index contributed by atoms with van der Waals surface area (Å²) in [6.45, 7) is 0. The van der Waals surface area contributed by atoms with Gasteiger partial charge in [-0.25, -0.2) is 4.79 Å². The molecule has 0 heterocycles. The Morgan fingerprint density at radius 2 is 1.92 bits per heavy atom. The first-order chi connectivity index (χ1) is 12.2. The number of rotatable bonds is 4. The Hall–Kier alpha value is -2.62. The minimum absolute atomic E-state index is 0.308. The molecule has 9 nitrogen and oxygen atoms in total. The van der Waals surface area contributed by atoms with Crippen LogP contribution in [0.4, 0.5) is 0 Å². The molecule has 1 fully saturated rings. The van der Waals surface area contributed by atoms with Crippen LogP contribution in [0.15, 0.2) is 24.3 Å². The highest BCUT2D eigenvalue weighted by Crippen LogP contribution is 2.31. The van der Waals surface area contributed by atoms with Crippen molar-refractivity contribution in [2.75, 3.05) is 7.05 Å². The normalized spacial score (nSPS) is 28.7. The Morgan fingerprint density at radius 1 is 1.23 bits per heavy atom. The fourth-order valence-corrected chi connectivity index (χ4v) is 2.78. The van der Waals surface area contributed by atoms with Crippen LogP contribution in [0.25, 0.3) is 6.08 Å². The fourth-order valence-electron chi connectivity index (χ4n) is 2.78. The van der Waals surface area contributed by atoms with Crippen LogP contribution in [0.2, 0.25) is 0 Å². The average molecular weight is 367 g/mol. The van der Waals surface area contributed by atoms with Gasteiger partial charge in [-0.15, -0.1) is 0 Å². The minimum Gasteiger partial charge on any atom is -0.504 e. The van der Waals surface area contributed by atoms with E-state index < -0.39 is 35.8 Å². The highest BCUT2D eigenvalue weighted by atomic mass is 16.6. The molecular weight excluding hydrogens is 346 g/mol. The number of amides is 1. The Labute approximate surface area is 149 Å². The van der Waals surface area contributed by atoms with Crippen molar-refractivity contribution in [2.24, 2.45) is 0 Å². The van der Waals surface area contributed by atoms with Gasteiger partial charge in [-0.3, -0.25) is 4.79 Å². The number of ether oxygens (including phenoxy) is 1. The summed E-state index contributed by atoms with van der Waals surface area (Å²) in [5.74, 6) is -2.30. The van der Waals surface area contributed by atoms with E-state index >= 15 is 0 Å². The van der Waals surface area contributed by atoms with Crippen molar-refractivity contribution in [3.63, 3.8) is 0 Å². The zero-order valence-electron chi connectivity index (χ0n) is 14.0. The molecule has 4 atom stereocenters. The minimum atomic E-state index is -1.97. The van der Waals surface area contributed by atoms with Gasteiger partial charge in [0.05, 0.1) is 6.10 Å². The lowest BCUT2D eigenvalue weighted by atomic mass is 9.79. The Kier molecular flexibility index (Phi) is 5.86. The summed E-state index contributed by atoms with van der Waals surface area (Å²) < 4.78 is 5.05. The summed E-state index contributed by atoms with van der Waals surface area (Å²) in [5.41, 5.74) is -1.56. The molecule has 0 aliphatic heterocycles. The molecule has 1 amide bonds. The maximum Gasteiger partial charge on any atom is 0.331 e. The van der Waals surface area contributed by atoms with Gasteiger partial charge in [0.25, 0.3) is 5.91 Å². The third-order valence-electron chi connectivity index (χ3n) is 4.19. The number of aromatic hydroxyl groups is 2. The Bertz CT molecular complexity index is 719.